The number of nitrogens with one attached hydrogen (secondary N) is 3. The fourth-order valence-corrected chi connectivity index (χ4v) is 2.86. The standard InChI is InChI=1S/C17H29N5O9S/c1-7(23)13(16(29)20-9(17(30)31)3-4-32-2)22-15(28)10(6-11(19)24)21-14(27)8(18)5-12(25)26/h7-10,13,23H,3-6,18H2,1-2H3,(H2,19,24)(H,20,29)(H,21,27)(H,22,28)(H,25,26)(H,30,31). The molecule has 0 spiro atoms. The molecule has 0 rings (SSSR count). The first-order chi connectivity index (χ1) is 14.8. The van der Waals surface area contributed by atoms with E-state index in [1.807, 2.05) is 0 Å². The minimum absolute atomic E-state index is 0.0878. The van der Waals surface area contributed by atoms with Crippen molar-refractivity contribution in [3.63, 3.8) is 0 Å². The summed E-state index contributed by atoms with van der Waals surface area (Å²) in [4.78, 5) is 70.4. The van der Waals surface area contributed by atoms with E-state index in [0.29, 0.717) is 5.75 Å². The number of hydrogen-bond donors (Lipinski definition) is 8. The Hall–Kier alpha value is -2.91. The summed E-state index contributed by atoms with van der Waals surface area (Å²) in [6.07, 6.45) is -1.10. The van der Waals surface area contributed by atoms with Crippen LogP contribution in [0.15, 0.2) is 0 Å². The lowest BCUT2D eigenvalue weighted by Gasteiger charge is -2.26. The van der Waals surface area contributed by atoms with Gasteiger partial charge in [0.1, 0.15) is 18.1 Å². The summed E-state index contributed by atoms with van der Waals surface area (Å²) in [5.74, 6) is -6.43. The Bertz CT molecular complexity index is 719. The molecular weight excluding hydrogens is 450 g/mol. The first-order valence-corrected chi connectivity index (χ1v) is 10.8. The van der Waals surface area contributed by atoms with Crippen molar-refractivity contribution in [1.82, 2.24) is 16.0 Å². The number of hydrogen-bond acceptors (Lipinski definition) is 9. The van der Waals surface area contributed by atoms with Crippen molar-refractivity contribution in [3.8, 4) is 0 Å². The largest absolute Gasteiger partial charge is 0.481 e. The molecule has 0 saturated heterocycles. The van der Waals surface area contributed by atoms with E-state index < -0.39 is 78.7 Å². The second-order valence-electron chi connectivity index (χ2n) is 6.84. The Kier molecular flexibility index (Phi) is 12.9. The molecule has 0 aromatic carbocycles. The zero-order valence-electron chi connectivity index (χ0n) is 17.6. The van der Waals surface area contributed by atoms with Gasteiger partial charge in [-0.1, -0.05) is 0 Å². The highest BCUT2D eigenvalue weighted by molar-refractivity contribution is 7.98. The lowest BCUT2D eigenvalue weighted by Crippen LogP contribution is -2.60. The van der Waals surface area contributed by atoms with Gasteiger partial charge in [-0.3, -0.25) is 24.0 Å². The summed E-state index contributed by atoms with van der Waals surface area (Å²) in [5.41, 5.74) is 10.5. The number of aliphatic hydroxyl groups excluding tert-OH is 1. The van der Waals surface area contributed by atoms with Gasteiger partial charge < -0.3 is 42.7 Å². The fraction of sp³-hybridized carbons (Fsp3) is 0.647. The summed E-state index contributed by atoms with van der Waals surface area (Å²) in [6.45, 7) is 1.16. The minimum Gasteiger partial charge on any atom is -0.481 e. The second-order valence-corrected chi connectivity index (χ2v) is 7.83. The van der Waals surface area contributed by atoms with Gasteiger partial charge in [0.25, 0.3) is 0 Å². The molecule has 10 N–H and O–H groups in total. The van der Waals surface area contributed by atoms with Crippen LogP contribution in [0.5, 0.6) is 0 Å². The van der Waals surface area contributed by atoms with Crippen LogP contribution in [0.2, 0.25) is 0 Å². The third-order valence-corrected chi connectivity index (χ3v) is 4.70. The van der Waals surface area contributed by atoms with Gasteiger partial charge in [-0.05, 0) is 25.4 Å². The molecule has 0 aromatic heterocycles. The summed E-state index contributed by atoms with van der Waals surface area (Å²) >= 11 is 1.36. The van der Waals surface area contributed by atoms with E-state index in [1.54, 1.807) is 6.26 Å². The number of nitrogens with two attached hydrogens (primary N) is 2. The van der Waals surface area contributed by atoms with Crippen molar-refractivity contribution in [2.75, 3.05) is 12.0 Å². The molecule has 32 heavy (non-hydrogen) atoms. The molecule has 0 saturated carbocycles. The molecule has 14 nitrogen and oxygen atoms in total. The van der Waals surface area contributed by atoms with E-state index in [-0.39, 0.29) is 6.42 Å². The molecule has 182 valence electrons. The summed E-state index contributed by atoms with van der Waals surface area (Å²) in [7, 11) is 0. The average Bonchev–Trinajstić information content (AvgIpc) is 2.66. The second kappa shape index (κ2) is 14.2. The number of thioether (sulfide) groups is 1. The summed E-state index contributed by atoms with van der Waals surface area (Å²) in [5, 5.41) is 34.2. The minimum atomic E-state index is -1.63. The number of carbonyl (C=O) groups excluding carboxylic acids is 4. The van der Waals surface area contributed by atoms with Gasteiger partial charge in [0.15, 0.2) is 0 Å². The number of carbonyl (C=O) groups is 6. The molecule has 5 unspecified atom stereocenters. The van der Waals surface area contributed by atoms with E-state index in [9.17, 15) is 39.0 Å². The Labute approximate surface area is 187 Å². The third kappa shape index (κ3) is 10.9. The van der Waals surface area contributed by atoms with Crippen molar-refractivity contribution in [2.45, 2.75) is 56.5 Å². The van der Waals surface area contributed by atoms with Gasteiger partial charge in [0, 0.05) is 0 Å². The van der Waals surface area contributed by atoms with Crippen LogP contribution in [0.1, 0.15) is 26.2 Å². The van der Waals surface area contributed by atoms with Gasteiger partial charge >= 0.3 is 11.9 Å². The number of primary amides is 1. The molecular formula is C17H29N5O9S. The van der Waals surface area contributed by atoms with Crippen molar-refractivity contribution >= 4 is 47.3 Å². The fourth-order valence-electron chi connectivity index (χ4n) is 2.38. The van der Waals surface area contributed by atoms with E-state index >= 15 is 0 Å². The maximum Gasteiger partial charge on any atom is 0.326 e. The third-order valence-electron chi connectivity index (χ3n) is 4.06. The Balaban J connectivity index is 5.41. The molecule has 0 aliphatic heterocycles. The smallest absolute Gasteiger partial charge is 0.326 e. The maximum absolute atomic E-state index is 12.6. The summed E-state index contributed by atoms with van der Waals surface area (Å²) in [6, 6.07) is -6.05. The Morgan fingerprint density at radius 3 is 1.91 bits per heavy atom. The van der Waals surface area contributed by atoms with E-state index in [4.69, 9.17) is 16.6 Å². The molecule has 15 heteroatoms. The van der Waals surface area contributed by atoms with Crippen LogP contribution in [0.3, 0.4) is 0 Å². The highest BCUT2D eigenvalue weighted by Crippen LogP contribution is 2.04. The van der Waals surface area contributed by atoms with E-state index in [0.717, 1.165) is 6.92 Å². The van der Waals surface area contributed by atoms with Crippen molar-refractivity contribution in [2.24, 2.45) is 11.5 Å². The molecule has 0 aliphatic rings. The molecule has 0 aliphatic carbocycles. The molecule has 4 amide bonds. The normalized spacial score (nSPS) is 15.4. The molecule has 0 heterocycles. The van der Waals surface area contributed by atoms with Crippen LogP contribution in [0.4, 0.5) is 0 Å². The van der Waals surface area contributed by atoms with Gasteiger partial charge in [-0.2, -0.15) is 11.8 Å². The predicted octanol–water partition coefficient (Wildman–Crippen LogP) is -3.66. The lowest BCUT2D eigenvalue weighted by atomic mass is 10.1. The van der Waals surface area contributed by atoms with Crippen molar-refractivity contribution in [3.05, 3.63) is 0 Å². The molecule has 5 atom stereocenters. The first-order valence-electron chi connectivity index (χ1n) is 9.36. The Morgan fingerprint density at radius 1 is 0.906 bits per heavy atom. The van der Waals surface area contributed by atoms with Crippen molar-refractivity contribution in [1.29, 1.82) is 0 Å². The number of aliphatic carboxylic acids is 2. The highest BCUT2D eigenvalue weighted by atomic mass is 32.2. The van der Waals surface area contributed by atoms with E-state index in [2.05, 4.69) is 16.0 Å². The average molecular weight is 480 g/mol. The first kappa shape index (κ1) is 29.1. The quantitative estimate of drug-likeness (QED) is 0.114. The lowest BCUT2D eigenvalue weighted by molar-refractivity contribution is -0.143. The van der Waals surface area contributed by atoms with Gasteiger partial charge in [-0.25, -0.2) is 4.79 Å². The monoisotopic (exact) mass is 479 g/mol. The highest BCUT2D eigenvalue weighted by Gasteiger charge is 2.33. The van der Waals surface area contributed by atoms with Crippen LogP contribution in [-0.2, 0) is 28.8 Å². The topological polar surface area (TPSA) is 251 Å². The van der Waals surface area contributed by atoms with Gasteiger partial charge in [0.05, 0.1) is 25.0 Å². The van der Waals surface area contributed by atoms with Crippen LogP contribution in [0.25, 0.3) is 0 Å². The number of carboxylic acids is 2. The van der Waals surface area contributed by atoms with Crippen LogP contribution >= 0.6 is 11.8 Å². The molecule has 0 aromatic rings. The molecule has 0 radical (unpaired) electrons. The number of carboxylic acid groups (broad SMARTS) is 2. The number of amides is 4. The van der Waals surface area contributed by atoms with Crippen molar-refractivity contribution < 1.29 is 44.1 Å². The van der Waals surface area contributed by atoms with Gasteiger partial charge in [0.2, 0.25) is 23.6 Å². The van der Waals surface area contributed by atoms with Crippen LogP contribution in [0, 0.1) is 0 Å². The summed E-state index contributed by atoms with van der Waals surface area (Å²) < 4.78 is 0. The number of aliphatic hydroxyl groups is 1. The maximum atomic E-state index is 12.6. The zero-order chi connectivity index (χ0) is 25.0. The van der Waals surface area contributed by atoms with E-state index in [1.165, 1.54) is 11.8 Å². The molecule has 0 fully saturated rings. The Morgan fingerprint density at radius 2 is 1.47 bits per heavy atom. The van der Waals surface area contributed by atoms with Crippen LogP contribution < -0.4 is 27.4 Å². The number of rotatable bonds is 15. The van der Waals surface area contributed by atoms with Gasteiger partial charge in [-0.15, -0.1) is 0 Å². The molecule has 0 bridgehead atoms. The van der Waals surface area contributed by atoms with Crippen LogP contribution in [-0.4, -0.2) is 93.2 Å². The predicted molar refractivity (Wildman–Crippen MR) is 112 cm³/mol. The zero-order valence-corrected chi connectivity index (χ0v) is 18.4. The SMILES string of the molecule is CSCCC(NC(=O)C(NC(=O)C(CC(N)=O)NC(=O)C(N)CC(=O)O)C(C)O)C(=O)O.